The van der Waals surface area contributed by atoms with E-state index in [0.29, 0.717) is 25.7 Å². The Hall–Kier alpha value is -1.23. The Morgan fingerprint density at radius 1 is 0.325 bits per heavy atom. The maximum atomic E-state index is 12.0. The number of nitrogens with zero attached hydrogens (tertiary/aromatic N) is 2. The van der Waals surface area contributed by atoms with E-state index in [2.05, 4.69) is 69.5 Å². The first-order valence-electron chi connectivity index (χ1n) is 35.6. The van der Waals surface area contributed by atoms with Crippen molar-refractivity contribution in [2.75, 3.05) is 53.4 Å². The number of rotatable bonds is 60. The molecule has 0 fully saturated rings. The molecule has 0 aromatic rings. The monoisotopic (exact) mass is 1160 g/mol. The van der Waals surface area contributed by atoms with Gasteiger partial charge in [0, 0.05) is 11.4 Å². The van der Waals surface area contributed by atoms with Crippen LogP contribution in [0.25, 0.3) is 0 Å². The summed E-state index contributed by atoms with van der Waals surface area (Å²) in [6.07, 6.45) is 61.3. The minimum atomic E-state index is -5.15. The lowest BCUT2D eigenvalue weighted by atomic mass is 9.74. The molecule has 9 nitrogen and oxygen atoms in total. The van der Waals surface area contributed by atoms with Crippen molar-refractivity contribution in [1.82, 2.24) is 0 Å². The molecule has 0 aliphatic heterocycles. The van der Waals surface area contributed by atoms with Crippen molar-refractivity contribution in [2.45, 2.75) is 382 Å². The highest BCUT2D eigenvalue weighted by atomic mass is 32.2. The van der Waals surface area contributed by atoms with Gasteiger partial charge >= 0.3 is 0 Å². The second kappa shape index (κ2) is 59.5. The summed E-state index contributed by atoms with van der Waals surface area (Å²) in [7, 11) is -0.0330. The lowest BCUT2D eigenvalue weighted by molar-refractivity contribution is -0.910. The van der Waals surface area contributed by atoms with Crippen LogP contribution in [0.2, 0.25) is 0 Å². The van der Waals surface area contributed by atoms with Gasteiger partial charge in [-0.15, -0.1) is 0 Å². The smallest absolute Gasteiger partial charge is 0.274 e. The zero-order chi connectivity index (χ0) is 60.3. The minimum absolute atomic E-state index is 0.172. The maximum absolute atomic E-state index is 12.0. The standard InChI is InChI=1S/2C25H54N.C20H38O7S/c2*1-5-8-11-14-17-20-23-26(4,24-21-18-15-12-9-6-2)25-22-19-16-13-10-7-3;1-3-5-7-9-11-13-15-20(19(23)24,16-14-12-10-8-6-4-2)17(18(21)22)28(25,26)27/h2*5-25H2,1-4H3;17H,3-16H2,1-2H3,(H,21,22)(H,23,24)(H,25,26,27)/q2*+1;/p-2. The van der Waals surface area contributed by atoms with Crippen LogP contribution in [-0.4, -0.2) is 92.5 Å². The first-order valence-corrected chi connectivity index (χ1v) is 37.1. The number of carbonyl (C=O) groups excluding carboxylic acids is 2. The fourth-order valence-electron chi connectivity index (χ4n) is 12.1. The molecular weight excluding hydrogens is 1010 g/mol. The van der Waals surface area contributed by atoms with Crippen molar-refractivity contribution in [2.24, 2.45) is 5.41 Å². The number of hydrogen-bond donors (Lipinski definition) is 1. The molecule has 0 aliphatic carbocycles. The molecule has 10 heteroatoms. The molecule has 80 heavy (non-hydrogen) atoms. The van der Waals surface area contributed by atoms with Crippen molar-refractivity contribution in [3.05, 3.63) is 0 Å². The van der Waals surface area contributed by atoms with Crippen molar-refractivity contribution in [1.29, 1.82) is 0 Å². The Bertz CT molecular complexity index is 1260. The van der Waals surface area contributed by atoms with Gasteiger partial charge in [-0.1, -0.05) is 287 Å². The van der Waals surface area contributed by atoms with E-state index in [1.807, 2.05) is 0 Å². The van der Waals surface area contributed by atoms with Crippen LogP contribution in [0, 0.1) is 5.41 Å². The van der Waals surface area contributed by atoms with Crippen molar-refractivity contribution < 1.29 is 41.7 Å². The van der Waals surface area contributed by atoms with Crippen LogP contribution in [0.15, 0.2) is 0 Å². The lowest BCUT2D eigenvalue weighted by Gasteiger charge is -2.40. The third-order valence-electron chi connectivity index (χ3n) is 17.7. The number of aliphatic carboxylic acids is 2. The summed E-state index contributed by atoms with van der Waals surface area (Å²) in [5.41, 5.74) is -2.18. The molecule has 0 spiro atoms. The van der Waals surface area contributed by atoms with Gasteiger partial charge in [0.25, 0.3) is 10.1 Å². The Morgan fingerprint density at radius 3 is 0.637 bits per heavy atom. The first-order chi connectivity index (χ1) is 38.5. The van der Waals surface area contributed by atoms with E-state index in [4.69, 9.17) is 0 Å². The van der Waals surface area contributed by atoms with Crippen LogP contribution in [-0.2, 0) is 19.7 Å². The second-order valence-electron chi connectivity index (χ2n) is 25.9. The van der Waals surface area contributed by atoms with E-state index in [1.54, 1.807) is 0 Å². The average Bonchev–Trinajstić information content (AvgIpc) is 3.42. The molecule has 0 aliphatic rings. The highest BCUT2D eigenvalue weighted by Gasteiger charge is 2.47. The van der Waals surface area contributed by atoms with Gasteiger partial charge in [-0.3, -0.25) is 4.55 Å². The van der Waals surface area contributed by atoms with Crippen LogP contribution in [0.3, 0.4) is 0 Å². The third-order valence-corrected chi connectivity index (χ3v) is 18.9. The van der Waals surface area contributed by atoms with Crippen LogP contribution in [0.5, 0.6) is 0 Å². The largest absolute Gasteiger partial charge is 0.549 e. The van der Waals surface area contributed by atoms with Crippen molar-refractivity contribution in [3.8, 4) is 0 Å². The van der Waals surface area contributed by atoms with Crippen molar-refractivity contribution >= 4 is 22.1 Å². The summed E-state index contributed by atoms with van der Waals surface area (Å²) in [6, 6.07) is 0. The number of carboxylic acids is 2. The molecule has 0 amide bonds. The number of carboxylic acid groups (broad SMARTS) is 2. The van der Waals surface area contributed by atoms with Gasteiger partial charge < -0.3 is 28.8 Å². The molecular formula is C70H144N2O7S. The number of unbranched alkanes of at least 4 members (excludes halogenated alkanes) is 40. The normalized spacial score (nSPS) is 12.5. The van der Waals surface area contributed by atoms with Gasteiger partial charge in [-0.2, -0.15) is 8.42 Å². The van der Waals surface area contributed by atoms with E-state index in [9.17, 15) is 32.8 Å². The molecule has 0 rings (SSSR count). The molecule has 0 radical (unpaired) electrons. The van der Waals surface area contributed by atoms with Gasteiger partial charge in [0.15, 0.2) is 0 Å². The first kappa shape index (κ1) is 83.0. The molecule has 0 saturated carbocycles. The fourth-order valence-corrected chi connectivity index (χ4v) is 13.2. The predicted molar refractivity (Wildman–Crippen MR) is 346 cm³/mol. The van der Waals surface area contributed by atoms with E-state index >= 15 is 0 Å². The van der Waals surface area contributed by atoms with E-state index in [-0.39, 0.29) is 12.8 Å². The molecule has 0 saturated heterocycles. The summed E-state index contributed by atoms with van der Waals surface area (Å²) in [5.74, 6) is -3.84. The molecule has 482 valence electrons. The number of carbonyl (C=O) groups is 2. The van der Waals surface area contributed by atoms with Gasteiger partial charge in [0.05, 0.1) is 59.3 Å². The fraction of sp³-hybridized carbons (Fsp3) is 0.971. The summed E-state index contributed by atoms with van der Waals surface area (Å²) < 4.78 is 35.6. The Balaban J connectivity index is -0.00000111. The number of quaternary nitrogens is 2. The Morgan fingerprint density at radius 2 is 0.487 bits per heavy atom. The highest BCUT2D eigenvalue weighted by Crippen LogP contribution is 2.39. The third kappa shape index (κ3) is 51.2. The number of hydrogen-bond acceptors (Lipinski definition) is 6. The zero-order valence-corrected chi connectivity index (χ0v) is 56.7. The molecule has 1 N–H and O–H groups in total. The maximum Gasteiger partial charge on any atom is 0.274 e. The highest BCUT2D eigenvalue weighted by molar-refractivity contribution is 7.87. The van der Waals surface area contributed by atoms with E-state index < -0.39 is 32.7 Å². The van der Waals surface area contributed by atoms with Gasteiger partial charge in [-0.05, 0) is 89.9 Å². The summed E-state index contributed by atoms with van der Waals surface area (Å²) >= 11 is 0. The molecule has 1 atom stereocenters. The van der Waals surface area contributed by atoms with Gasteiger partial charge in [-0.25, -0.2) is 0 Å². The SMILES string of the molecule is CCCCCCCCC(CCCCCCCC)(C(=O)[O-])C(C(=O)[O-])S(=O)(=O)O.CCCCCCCC[N+](C)(CCCCCCCC)CCCCCCCC.CCCCCCCC[N+](C)(CCCCCCCC)CCCCCCCC. The average molecular weight is 1160 g/mol. The molecule has 0 aromatic heterocycles. The van der Waals surface area contributed by atoms with Crippen LogP contribution < -0.4 is 10.2 Å². The molecule has 1 unspecified atom stereocenters. The quantitative estimate of drug-likeness (QED) is 0.0364. The predicted octanol–water partition coefficient (Wildman–Crippen LogP) is 19.3. The Labute approximate surface area is 501 Å². The van der Waals surface area contributed by atoms with Crippen LogP contribution >= 0.6 is 0 Å². The summed E-state index contributed by atoms with van der Waals surface area (Å²) in [5, 5.41) is 21.0. The minimum Gasteiger partial charge on any atom is -0.549 e. The summed E-state index contributed by atoms with van der Waals surface area (Å²) in [4.78, 5) is 23.5. The van der Waals surface area contributed by atoms with Crippen LogP contribution in [0.4, 0.5) is 0 Å². The van der Waals surface area contributed by atoms with Crippen molar-refractivity contribution in [3.63, 3.8) is 0 Å². The zero-order valence-electron chi connectivity index (χ0n) is 55.9. The molecule has 0 heterocycles. The molecule has 0 bridgehead atoms. The summed E-state index contributed by atoms with van der Waals surface area (Å²) in [6.45, 7) is 26.6. The van der Waals surface area contributed by atoms with Gasteiger partial charge in [0.1, 0.15) is 5.25 Å². The topological polar surface area (TPSA) is 135 Å². The lowest BCUT2D eigenvalue weighted by Crippen LogP contribution is -2.59. The van der Waals surface area contributed by atoms with Crippen LogP contribution in [0.1, 0.15) is 376 Å². The van der Waals surface area contributed by atoms with E-state index in [1.165, 1.54) is 279 Å². The van der Waals surface area contributed by atoms with E-state index in [0.717, 1.165) is 51.4 Å². The Kier molecular flexibility index (Phi) is 61.7. The second-order valence-corrected chi connectivity index (χ2v) is 27.4. The molecule has 0 aromatic carbocycles. The van der Waals surface area contributed by atoms with Gasteiger partial charge in [0.2, 0.25) is 0 Å².